The summed E-state index contributed by atoms with van der Waals surface area (Å²) < 4.78 is 6.08. The van der Waals surface area contributed by atoms with E-state index in [4.69, 9.17) is 4.74 Å². The maximum absolute atomic E-state index is 6.08. The van der Waals surface area contributed by atoms with E-state index in [1.807, 2.05) is 11.8 Å². The van der Waals surface area contributed by atoms with E-state index in [2.05, 4.69) is 50.3 Å². The van der Waals surface area contributed by atoms with Gasteiger partial charge in [-0.25, -0.2) is 0 Å². The first-order chi connectivity index (χ1) is 8.29. The first-order valence-electron chi connectivity index (χ1n) is 6.29. The van der Waals surface area contributed by atoms with Crippen LogP contribution >= 0.6 is 11.8 Å². The number of hydrogen-bond acceptors (Lipinski definition) is 2. The van der Waals surface area contributed by atoms with Gasteiger partial charge in [-0.05, 0) is 37.5 Å². The molecule has 0 bridgehead atoms. The highest BCUT2D eigenvalue weighted by Gasteiger charge is 2.20. The van der Waals surface area contributed by atoms with Crippen molar-refractivity contribution in [3.63, 3.8) is 0 Å². The maximum Gasteiger partial charge on any atom is 0.0784 e. The molecule has 0 fully saturated rings. The molecule has 0 saturated carbocycles. The molecule has 0 amide bonds. The smallest absolute Gasteiger partial charge is 0.0784 e. The van der Waals surface area contributed by atoms with E-state index in [0.29, 0.717) is 12.2 Å². The molecule has 2 heteroatoms. The summed E-state index contributed by atoms with van der Waals surface area (Å²) in [5.74, 6) is 1.05. The van der Waals surface area contributed by atoms with Crippen LogP contribution in [0.15, 0.2) is 46.9 Å². The average molecular weight is 248 g/mol. The van der Waals surface area contributed by atoms with E-state index in [1.165, 1.54) is 10.5 Å². The molecular formula is C15H20OS. The molecule has 0 aliphatic carbocycles. The number of benzene rings is 1. The minimum atomic E-state index is 0.338. The summed E-state index contributed by atoms with van der Waals surface area (Å²) in [6, 6.07) is 10.5. The van der Waals surface area contributed by atoms with E-state index in [1.54, 1.807) is 0 Å². The molecule has 0 saturated heterocycles. The maximum atomic E-state index is 6.08. The lowest BCUT2D eigenvalue weighted by atomic mass is 10.0. The number of hydrogen-bond donors (Lipinski definition) is 0. The molecule has 1 heterocycles. The van der Waals surface area contributed by atoms with Crippen molar-refractivity contribution in [1.82, 2.24) is 0 Å². The zero-order chi connectivity index (χ0) is 12.1. The summed E-state index contributed by atoms with van der Waals surface area (Å²) in [5, 5.41) is 0. The molecule has 1 aromatic carbocycles. The van der Waals surface area contributed by atoms with Crippen LogP contribution in [0.25, 0.3) is 0 Å². The second kappa shape index (κ2) is 6.27. The molecular weight excluding hydrogens is 228 g/mol. The van der Waals surface area contributed by atoms with E-state index >= 15 is 0 Å². The van der Waals surface area contributed by atoms with Crippen LogP contribution in [0.3, 0.4) is 0 Å². The Bertz CT molecular complexity index is 372. The van der Waals surface area contributed by atoms with Crippen molar-refractivity contribution in [2.24, 2.45) is 0 Å². The topological polar surface area (TPSA) is 9.23 Å². The quantitative estimate of drug-likeness (QED) is 0.580. The largest absolute Gasteiger partial charge is 0.369 e. The SMILES string of the molecule is CC[C@@H]1O[C@H](CSc2ccccc2)CC=C1C. The highest BCUT2D eigenvalue weighted by atomic mass is 32.2. The molecule has 92 valence electrons. The van der Waals surface area contributed by atoms with Crippen LogP contribution in [-0.4, -0.2) is 18.0 Å². The third-order valence-electron chi connectivity index (χ3n) is 3.12. The molecule has 0 unspecified atom stereocenters. The van der Waals surface area contributed by atoms with Crippen molar-refractivity contribution >= 4 is 11.8 Å². The summed E-state index contributed by atoms with van der Waals surface area (Å²) in [7, 11) is 0. The van der Waals surface area contributed by atoms with Gasteiger partial charge in [-0.15, -0.1) is 11.8 Å². The van der Waals surface area contributed by atoms with Crippen LogP contribution in [0.4, 0.5) is 0 Å². The summed E-state index contributed by atoms with van der Waals surface area (Å²) in [6.07, 6.45) is 5.18. The van der Waals surface area contributed by atoms with Gasteiger partial charge in [0.05, 0.1) is 12.2 Å². The van der Waals surface area contributed by atoms with Crippen LogP contribution in [0.1, 0.15) is 26.7 Å². The van der Waals surface area contributed by atoms with Crippen LogP contribution in [-0.2, 0) is 4.74 Å². The molecule has 0 N–H and O–H groups in total. The van der Waals surface area contributed by atoms with Gasteiger partial charge >= 0.3 is 0 Å². The van der Waals surface area contributed by atoms with Crippen LogP contribution in [0, 0.1) is 0 Å². The van der Waals surface area contributed by atoms with Gasteiger partial charge in [0.2, 0.25) is 0 Å². The first-order valence-corrected chi connectivity index (χ1v) is 7.28. The molecule has 2 rings (SSSR count). The normalized spacial score (nSPS) is 24.5. The van der Waals surface area contributed by atoms with Crippen LogP contribution in [0.2, 0.25) is 0 Å². The van der Waals surface area contributed by atoms with Crippen LogP contribution in [0.5, 0.6) is 0 Å². The predicted molar refractivity (Wildman–Crippen MR) is 74.5 cm³/mol. The van der Waals surface area contributed by atoms with Gasteiger partial charge in [-0.3, -0.25) is 0 Å². The van der Waals surface area contributed by atoms with Gasteiger partial charge in [0, 0.05) is 10.6 Å². The van der Waals surface area contributed by atoms with E-state index in [0.717, 1.165) is 18.6 Å². The van der Waals surface area contributed by atoms with Gasteiger partial charge in [0.25, 0.3) is 0 Å². The van der Waals surface area contributed by atoms with E-state index in [-0.39, 0.29) is 0 Å². The van der Waals surface area contributed by atoms with E-state index in [9.17, 15) is 0 Å². The Morgan fingerprint density at radius 2 is 2.06 bits per heavy atom. The lowest BCUT2D eigenvalue weighted by Crippen LogP contribution is -2.28. The van der Waals surface area contributed by atoms with Gasteiger partial charge < -0.3 is 4.74 Å². The van der Waals surface area contributed by atoms with Crippen LogP contribution < -0.4 is 0 Å². The molecule has 0 radical (unpaired) electrons. The Kier molecular flexibility index (Phi) is 4.69. The fourth-order valence-corrected chi connectivity index (χ4v) is 3.02. The van der Waals surface area contributed by atoms with Gasteiger partial charge in [0.1, 0.15) is 0 Å². The summed E-state index contributed by atoms with van der Waals surface area (Å²) >= 11 is 1.89. The fraction of sp³-hybridized carbons (Fsp3) is 0.467. The molecule has 0 aromatic heterocycles. The number of rotatable bonds is 4. The first kappa shape index (κ1) is 12.7. The Morgan fingerprint density at radius 1 is 1.29 bits per heavy atom. The Labute approximate surface area is 108 Å². The standard InChI is InChI=1S/C15H20OS/c1-3-15-12(2)9-10-13(16-15)11-17-14-7-5-4-6-8-14/h4-9,13,15H,3,10-11H2,1-2H3/t13-,15-/m0/s1. The molecule has 17 heavy (non-hydrogen) atoms. The third-order valence-corrected chi connectivity index (χ3v) is 4.26. The summed E-state index contributed by atoms with van der Waals surface area (Å²) in [4.78, 5) is 1.33. The highest BCUT2D eigenvalue weighted by Crippen LogP contribution is 2.26. The molecule has 1 aliphatic rings. The Hall–Kier alpha value is -0.730. The van der Waals surface area contributed by atoms with Gasteiger partial charge in [-0.1, -0.05) is 31.2 Å². The molecule has 1 aromatic rings. The highest BCUT2D eigenvalue weighted by molar-refractivity contribution is 7.99. The monoisotopic (exact) mass is 248 g/mol. The van der Waals surface area contributed by atoms with Gasteiger partial charge in [-0.2, -0.15) is 0 Å². The third kappa shape index (κ3) is 3.62. The lowest BCUT2D eigenvalue weighted by molar-refractivity contribution is 0.0111. The van der Waals surface area contributed by atoms with Crippen molar-refractivity contribution in [3.05, 3.63) is 42.0 Å². The Balaban J connectivity index is 1.85. The van der Waals surface area contributed by atoms with Crippen molar-refractivity contribution in [3.8, 4) is 0 Å². The lowest BCUT2D eigenvalue weighted by Gasteiger charge is -2.28. The van der Waals surface area contributed by atoms with Crippen molar-refractivity contribution in [2.75, 3.05) is 5.75 Å². The number of thioether (sulfide) groups is 1. The van der Waals surface area contributed by atoms with Crippen molar-refractivity contribution < 1.29 is 4.74 Å². The summed E-state index contributed by atoms with van der Waals surface area (Å²) in [5.41, 5.74) is 1.40. The van der Waals surface area contributed by atoms with E-state index < -0.39 is 0 Å². The molecule has 1 aliphatic heterocycles. The molecule has 2 atom stereocenters. The average Bonchev–Trinajstić information content (AvgIpc) is 2.39. The minimum absolute atomic E-state index is 0.338. The van der Waals surface area contributed by atoms with Crippen molar-refractivity contribution in [1.29, 1.82) is 0 Å². The molecule has 0 spiro atoms. The second-order valence-electron chi connectivity index (χ2n) is 4.46. The molecule has 1 nitrogen and oxygen atoms in total. The van der Waals surface area contributed by atoms with Gasteiger partial charge in [0.15, 0.2) is 0 Å². The van der Waals surface area contributed by atoms with Crippen molar-refractivity contribution in [2.45, 2.75) is 43.8 Å². The summed E-state index contributed by atoms with van der Waals surface area (Å²) in [6.45, 7) is 4.36. The fourth-order valence-electron chi connectivity index (χ4n) is 2.08. The predicted octanol–water partition coefficient (Wildman–Crippen LogP) is 4.29. The Morgan fingerprint density at radius 3 is 2.76 bits per heavy atom. The number of ether oxygens (including phenoxy) is 1. The minimum Gasteiger partial charge on any atom is -0.369 e. The second-order valence-corrected chi connectivity index (χ2v) is 5.56. The zero-order valence-electron chi connectivity index (χ0n) is 10.6. The zero-order valence-corrected chi connectivity index (χ0v) is 11.4.